The Hall–Kier alpha value is -1.80. The Morgan fingerprint density at radius 1 is 1.05 bits per heavy atom. The van der Waals surface area contributed by atoms with E-state index in [9.17, 15) is 0 Å². The number of rotatable bonds is 1. The molecule has 0 spiro atoms. The lowest BCUT2D eigenvalue weighted by atomic mass is 9.73. The van der Waals surface area contributed by atoms with Crippen LogP contribution in [-0.2, 0) is 10.3 Å². The highest BCUT2D eigenvalue weighted by atomic mass is 16.5. The first-order chi connectivity index (χ1) is 9.79. The molecule has 0 bridgehead atoms. The molecular weight excluding hydrogens is 246 g/mol. The van der Waals surface area contributed by atoms with E-state index in [2.05, 4.69) is 66.8 Å². The van der Waals surface area contributed by atoms with E-state index in [4.69, 9.17) is 4.74 Å². The van der Waals surface area contributed by atoms with Crippen LogP contribution < -0.4 is 5.32 Å². The van der Waals surface area contributed by atoms with E-state index in [0.29, 0.717) is 12.0 Å². The zero-order valence-electron chi connectivity index (χ0n) is 11.7. The van der Waals surface area contributed by atoms with Gasteiger partial charge in [0.1, 0.15) is 0 Å². The summed E-state index contributed by atoms with van der Waals surface area (Å²) in [6.07, 6.45) is 1.11. The first-order valence-corrected chi connectivity index (χ1v) is 7.34. The molecule has 102 valence electrons. The van der Waals surface area contributed by atoms with Gasteiger partial charge < -0.3 is 10.1 Å². The fourth-order valence-electron chi connectivity index (χ4n) is 3.83. The van der Waals surface area contributed by atoms with Crippen LogP contribution in [0.25, 0.3) is 0 Å². The van der Waals surface area contributed by atoms with Crippen molar-refractivity contribution in [2.45, 2.75) is 25.0 Å². The Morgan fingerprint density at radius 3 is 2.65 bits per heavy atom. The summed E-state index contributed by atoms with van der Waals surface area (Å²) in [5.41, 5.74) is 3.70. The van der Waals surface area contributed by atoms with Gasteiger partial charge in [-0.3, -0.25) is 0 Å². The molecule has 4 rings (SSSR count). The van der Waals surface area contributed by atoms with E-state index >= 15 is 0 Å². The highest BCUT2D eigenvalue weighted by Crippen LogP contribution is 2.53. The molecule has 3 unspecified atom stereocenters. The molecule has 2 aliphatic rings. The van der Waals surface area contributed by atoms with Gasteiger partial charge >= 0.3 is 0 Å². The first kappa shape index (κ1) is 12.0. The van der Waals surface area contributed by atoms with Gasteiger partial charge in [-0.2, -0.15) is 0 Å². The van der Waals surface area contributed by atoms with Gasteiger partial charge in [-0.05, 0) is 25.0 Å². The topological polar surface area (TPSA) is 21.3 Å². The van der Waals surface area contributed by atoms with Crippen molar-refractivity contribution in [3.63, 3.8) is 0 Å². The molecule has 0 saturated carbocycles. The summed E-state index contributed by atoms with van der Waals surface area (Å²) in [5, 5.41) is 3.73. The van der Waals surface area contributed by atoms with Crippen molar-refractivity contribution in [1.82, 2.24) is 0 Å². The number of hydrogen-bond donors (Lipinski definition) is 1. The largest absolute Gasteiger partial charge is 0.378 e. The average molecular weight is 265 g/mol. The number of anilines is 1. The third-order valence-electron chi connectivity index (χ3n) is 4.87. The molecule has 0 amide bonds. The van der Waals surface area contributed by atoms with Gasteiger partial charge in [-0.25, -0.2) is 0 Å². The standard InChI is InChI=1S/C18H19NO/c1-18-14-9-5-6-10-16(14)19-17(15(18)11-12-20-18)13-7-3-2-4-8-13/h2-10,15,17,19H,11-12H2,1H3. The van der Waals surface area contributed by atoms with Crippen LogP contribution in [0.3, 0.4) is 0 Å². The summed E-state index contributed by atoms with van der Waals surface area (Å²) in [6, 6.07) is 19.6. The number of ether oxygens (including phenoxy) is 1. The molecule has 2 aliphatic heterocycles. The normalized spacial score (nSPS) is 31.2. The Morgan fingerprint density at radius 2 is 1.80 bits per heavy atom. The summed E-state index contributed by atoms with van der Waals surface area (Å²) in [6.45, 7) is 3.10. The third-order valence-corrected chi connectivity index (χ3v) is 4.87. The second-order valence-electron chi connectivity index (χ2n) is 5.93. The van der Waals surface area contributed by atoms with Crippen LogP contribution in [0.15, 0.2) is 54.6 Å². The second-order valence-corrected chi connectivity index (χ2v) is 5.93. The van der Waals surface area contributed by atoms with Gasteiger partial charge in [0.25, 0.3) is 0 Å². The van der Waals surface area contributed by atoms with Gasteiger partial charge in [0.05, 0.1) is 11.6 Å². The molecule has 1 saturated heterocycles. The first-order valence-electron chi connectivity index (χ1n) is 7.34. The lowest BCUT2D eigenvalue weighted by Crippen LogP contribution is -2.40. The number of nitrogens with one attached hydrogen (secondary N) is 1. The zero-order chi connectivity index (χ0) is 13.6. The number of benzene rings is 2. The van der Waals surface area contributed by atoms with Gasteiger partial charge in [0, 0.05) is 23.8 Å². The maximum absolute atomic E-state index is 6.18. The van der Waals surface area contributed by atoms with E-state index in [0.717, 1.165) is 13.0 Å². The lowest BCUT2D eigenvalue weighted by molar-refractivity contribution is -0.0178. The predicted molar refractivity (Wildman–Crippen MR) is 80.7 cm³/mol. The van der Waals surface area contributed by atoms with Crippen LogP contribution in [0.4, 0.5) is 5.69 Å². The molecule has 2 heteroatoms. The number of hydrogen-bond acceptors (Lipinski definition) is 2. The van der Waals surface area contributed by atoms with Gasteiger partial charge in [-0.1, -0.05) is 48.5 Å². The molecule has 2 nitrogen and oxygen atoms in total. The number of fused-ring (bicyclic) bond motifs is 3. The second kappa shape index (κ2) is 4.35. The van der Waals surface area contributed by atoms with Gasteiger partial charge in [0.2, 0.25) is 0 Å². The number of para-hydroxylation sites is 1. The summed E-state index contributed by atoms with van der Waals surface area (Å²) in [7, 11) is 0. The van der Waals surface area contributed by atoms with Gasteiger partial charge in [0.15, 0.2) is 0 Å². The third kappa shape index (κ3) is 1.61. The van der Waals surface area contributed by atoms with Crippen LogP contribution in [0, 0.1) is 5.92 Å². The quantitative estimate of drug-likeness (QED) is 0.838. The van der Waals surface area contributed by atoms with Crippen molar-refractivity contribution in [2.75, 3.05) is 11.9 Å². The fraction of sp³-hybridized carbons (Fsp3) is 0.333. The van der Waals surface area contributed by atoms with Crippen molar-refractivity contribution in [3.05, 3.63) is 65.7 Å². The van der Waals surface area contributed by atoms with Crippen molar-refractivity contribution in [3.8, 4) is 0 Å². The van der Waals surface area contributed by atoms with E-state index in [1.54, 1.807) is 0 Å². The summed E-state index contributed by atoms with van der Waals surface area (Å²) in [5.74, 6) is 0.486. The molecule has 2 aromatic rings. The molecule has 2 aromatic carbocycles. The molecular formula is C18H19NO. The SMILES string of the molecule is CC12OCCC1C(c1ccccc1)Nc1ccccc12. The van der Waals surface area contributed by atoms with E-state index < -0.39 is 0 Å². The highest BCUT2D eigenvalue weighted by Gasteiger charge is 2.50. The molecule has 3 atom stereocenters. The smallest absolute Gasteiger partial charge is 0.0974 e. The monoisotopic (exact) mass is 265 g/mol. The Kier molecular flexibility index (Phi) is 2.61. The van der Waals surface area contributed by atoms with Crippen LogP contribution in [0.5, 0.6) is 0 Å². The minimum Gasteiger partial charge on any atom is -0.378 e. The van der Waals surface area contributed by atoms with Crippen LogP contribution in [0.1, 0.15) is 30.5 Å². The Labute approximate surface area is 119 Å². The van der Waals surface area contributed by atoms with Crippen LogP contribution in [0.2, 0.25) is 0 Å². The predicted octanol–water partition coefficient (Wildman–Crippen LogP) is 4.11. The molecule has 1 N–H and O–H groups in total. The zero-order valence-corrected chi connectivity index (χ0v) is 11.7. The summed E-state index contributed by atoms with van der Waals surface area (Å²) >= 11 is 0. The summed E-state index contributed by atoms with van der Waals surface area (Å²) < 4.78 is 6.18. The molecule has 2 heterocycles. The minimum atomic E-state index is -0.164. The lowest BCUT2D eigenvalue weighted by Gasteiger charge is -2.43. The maximum Gasteiger partial charge on any atom is 0.0974 e. The van der Waals surface area contributed by atoms with Crippen LogP contribution in [-0.4, -0.2) is 6.61 Å². The van der Waals surface area contributed by atoms with Crippen molar-refractivity contribution < 1.29 is 4.74 Å². The van der Waals surface area contributed by atoms with E-state index in [1.165, 1.54) is 16.8 Å². The molecule has 1 fully saturated rings. The molecule has 20 heavy (non-hydrogen) atoms. The molecule has 0 aliphatic carbocycles. The molecule has 0 radical (unpaired) electrons. The fourth-order valence-corrected chi connectivity index (χ4v) is 3.83. The molecule has 0 aromatic heterocycles. The van der Waals surface area contributed by atoms with Crippen molar-refractivity contribution in [2.24, 2.45) is 5.92 Å². The van der Waals surface area contributed by atoms with Gasteiger partial charge in [-0.15, -0.1) is 0 Å². The Bertz CT molecular complexity index is 624. The Balaban J connectivity index is 1.85. The van der Waals surface area contributed by atoms with Crippen molar-refractivity contribution >= 4 is 5.69 Å². The van der Waals surface area contributed by atoms with Crippen molar-refractivity contribution in [1.29, 1.82) is 0 Å². The summed E-state index contributed by atoms with van der Waals surface area (Å²) in [4.78, 5) is 0. The highest BCUT2D eigenvalue weighted by molar-refractivity contribution is 5.59. The average Bonchev–Trinajstić information content (AvgIpc) is 2.90. The van der Waals surface area contributed by atoms with E-state index in [1.807, 2.05) is 0 Å². The maximum atomic E-state index is 6.18. The van der Waals surface area contributed by atoms with E-state index in [-0.39, 0.29) is 5.60 Å². The van der Waals surface area contributed by atoms with Crippen LogP contribution >= 0.6 is 0 Å². The minimum absolute atomic E-state index is 0.164.